The first kappa shape index (κ1) is 17.9. The van der Waals surface area contributed by atoms with Gasteiger partial charge >= 0.3 is 5.97 Å². The number of carbonyl (C=O) groups is 2. The number of aliphatic carboxylic acids is 1. The lowest BCUT2D eigenvalue weighted by Gasteiger charge is -2.33. The molecule has 0 radical (unpaired) electrons. The monoisotopic (exact) mass is 359 g/mol. The van der Waals surface area contributed by atoms with Crippen LogP contribution in [0.5, 0.6) is 5.75 Å². The van der Waals surface area contributed by atoms with Crippen LogP contribution in [0, 0.1) is 5.41 Å². The van der Waals surface area contributed by atoms with Crippen LogP contribution >= 0.6 is 0 Å². The number of carbonyl (C=O) groups excluding carboxylic acids is 1. The molecule has 1 aromatic carbocycles. The molecule has 8 heteroatoms. The third-order valence-corrected chi connectivity index (χ3v) is 4.63. The van der Waals surface area contributed by atoms with Gasteiger partial charge in [0.05, 0.1) is 24.4 Å². The highest BCUT2D eigenvalue weighted by molar-refractivity contribution is 5.95. The van der Waals surface area contributed by atoms with E-state index in [1.807, 2.05) is 30.3 Å². The van der Waals surface area contributed by atoms with Crippen molar-refractivity contribution >= 4 is 11.9 Å². The molecule has 2 N–H and O–H groups in total. The van der Waals surface area contributed by atoms with Crippen molar-refractivity contribution in [3.8, 4) is 11.4 Å². The predicted octanol–water partition coefficient (Wildman–Crippen LogP) is 1.49. The summed E-state index contributed by atoms with van der Waals surface area (Å²) in [4.78, 5) is 24.3. The highest BCUT2D eigenvalue weighted by Gasteiger charge is 2.40. The molecule has 1 aliphatic heterocycles. The van der Waals surface area contributed by atoms with Crippen LogP contribution < -0.4 is 10.1 Å². The Morgan fingerprint density at radius 2 is 2.00 bits per heavy atom. The van der Waals surface area contributed by atoms with Gasteiger partial charge in [-0.1, -0.05) is 18.2 Å². The van der Waals surface area contributed by atoms with E-state index in [2.05, 4.69) is 10.4 Å². The van der Waals surface area contributed by atoms with Gasteiger partial charge in [-0.05, 0) is 25.0 Å². The Morgan fingerprint density at radius 1 is 1.31 bits per heavy atom. The van der Waals surface area contributed by atoms with E-state index in [1.165, 1.54) is 7.11 Å². The van der Waals surface area contributed by atoms with Crippen molar-refractivity contribution in [3.05, 3.63) is 42.2 Å². The molecule has 0 bridgehead atoms. The van der Waals surface area contributed by atoms with Crippen LogP contribution in [0.4, 0.5) is 0 Å². The zero-order chi connectivity index (χ0) is 18.6. The molecule has 1 amide bonds. The number of methoxy groups -OCH3 is 1. The standard InChI is InChI=1S/C18H21N3O5/c1-25-14-11-21(13-5-3-2-4-6-13)20-15(14)16(22)19-12-18(17(23)24)7-9-26-10-8-18/h2-6,11H,7-10,12H2,1H3,(H,19,22)(H,23,24). The van der Waals surface area contributed by atoms with Gasteiger partial charge in [-0.25, -0.2) is 4.68 Å². The number of ether oxygens (including phenoxy) is 2. The summed E-state index contributed by atoms with van der Waals surface area (Å²) < 4.78 is 12.0. The molecule has 26 heavy (non-hydrogen) atoms. The third-order valence-electron chi connectivity index (χ3n) is 4.63. The Labute approximate surface area is 150 Å². The van der Waals surface area contributed by atoms with Gasteiger partial charge in [-0.15, -0.1) is 0 Å². The molecule has 2 aromatic rings. The normalized spacial score (nSPS) is 16.0. The number of rotatable bonds is 6. The SMILES string of the molecule is COc1cn(-c2ccccc2)nc1C(=O)NCC1(C(=O)O)CCOCC1. The van der Waals surface area contributed by atoms with E-state index < -0.39 is 17.3 Å². The van der Waals surface area contributed by atoms with E-state index in [-0.39, 0.29) is 12.2 Å². The van der Waals surface area contributed by atoms with E-state index in [9.17, 15) is 14.7 Å². The van der Waals surface area contributed by atoms with Gasteiger partial charge in [0.2, 0.25) is 0 Å². The second-order valence-corrected chi connectivity index (χ2v) is 6.21. The van der Waals surface area contributed by atoms with Crippen molar-refractivity contribution in [2.24, 2.45) is 5.41 Å². The van der Waals surface area contributed by atoms with E-state index >= 15 is 0 Å². The summed E-state index contributed by atoms with van der Waals surface area (Å²) >= 11 is 0. The fraction of sp³-hybridized carbons (Fsp3) is 0.389. The van der Waals surface area contributed by atoms with Crippen molar-refractivity contribution in [1.29, 1.82) is 0 Å². The van der Waals surface area contributed by atoms with Crippen LogP contribution in [-0.4, -0.2) is 53.6 Å². The van der Waals surface area contributed by atoms with Crippen molar-refractivity contribution in [3.63, 3.8) is 0 Å². The molecule has 138 valence electrons. The maximum absolute atomic E-state index is 12.6. The Balaban J connectivity index is 1.77. The first-order valence-electron chi connectivity index (χ1n) is 8.34. The predicted molar refractivity (Wildman–Crippen MR) is 92.6 cm³/mol. The Morgan fingerprint density at radius 3 is 2.62 bits per heavy atom. The molecule has 1 aromatic heterocycles. The fourth-order valence-electron chi connectivity index (χ4n) is 2.94. The van der Waals surface area contributed by atoms with E-state index in [0.717, 1.165) is 5.69 Å². The number of amides is 1. The van der Waals surface area contributed by atoms with Crippen molar-refractivity contribution in [2.75, 3.05) is 26.9 Å². The molecular formula is C18H21N3O5. The minimum Gasteiger partial charge on any atom is -0.493 e. The molecule has 0 spiro atoms. The first-order chi connectivity index (χ1) is 12.6. The number of hydrogen-bond acceptors (Lipinski definition) is 5. The summed E-state index contributed by atoms with van der Waals surface area (Å²) in [5, 5.41) is 16.6. The van der Waals surface area contributed by atoms with Gasteiger partial charge in [0.1, 0.15) is 0 Å². The fourth-order valence-corrected chi connectivity index (χ4v) is 2.94. The average molecular weight is 359 g/mol. The lowest BCUT2D eigenvalue weighted by atomic mass is 9.80. The third kappa shape index (κ3) is 3.55. The minimum atomic E-state index is -1.01. The van der Waals surface area contributed by atoms with Crippen molar-refractivity contribution < 1.29 is 24.2 Å². The van der Waals surface area contributed by atoms with Gasteiger partial charge in [-0.2, -0.15) is 5.10 Å². The first-order valence-corrected chi connectivity index (χ1v) is 8.34. The second-order valence-electron chi connectivity index (χ2n) is 6.21. The smallest absolute Gasteiger partial charge is 0.311 e. The number of benzene rings is 1. The molecule has 1 fully saturated rings. The molecular weight excluding hydrogens is 338 g/mol. The zero-order valence-corrected chi connectivity index (χ0v) is 14.5. The molecule has 0 aliphatic carbocycles. The molecule has 8 nitrogen and oxygen atoms in total. The number of para-hydroxylation sites is 1. The molecule has 0 atom stereocenters. The van der Waals surface area contributed by atoms with Crippen LogP contribution in [0.15, 0.2) is 36.5 Å². The highest BCUT2D eigenvalue weighted by Crippen LogP contribution is 2.30. The lowest BCUT2D eigenvalue weighted by molar-refractivity contribution is -0.154. The highest BCUT2D eigenvalue weighted by atomic mass is 16.5. The Bertz CT molecular complexity index is 781. The Hall–Kier alpha value is -2.87. The summed E-state index contributed by atoms with van der Waals surface area (Å²) in [6.07, 6.45) is 2.34. The van der Waals surface area contributed by atoms with Crippen LogP contribution in [0.2, 0.25) is 0 Å². The number of carboxylic acid groups (broad SMARTS) is 1. The molecule has 1 aliphatic rings. The molecule has 2 heterocycles. The number of nitrogens with zero attached hydrogens (tertiary/aromatic N) is 2. The summed E-state index contributed by atoms with van der Waals surface area (Å²) in [5.74, 6) is -1.07. The Kier molecular flexibility index (Phi) is 5.22. The minimum absolute atomic E-state index is 0.0197. The van der Waals surface area contributed by atoms with Crippen LogP contribution in [-0.2, 0) is 9.53 Å². The number of nitrogens with one attached hydrogen (secondary N) is 1. The maximum atomic E-state index is 12.6. The van der Waals surface area contributed by atoms with Gasteiger partial charge in [0.15, 0.2) is 11.4 Å². The molecule has 0 saturated carbocycles. The molecule has 0 unspecified atom stereocenters. The van der Waals surface area contributed by atoms with Crippen LogP contribution in [0.25, 0.3) is 5.69 Å². The van der Waals surface area contributed by atoms with Crippen LogP contribution in [0.3, 0.4) is 0 Å². The number of hydrogen-bond donors (Lipinski definition) is 2. The van der Waals surface area contributed by atoms with E-state index in [1.54, 1.807) is 10.9 Å². The lowest BCUT2D eigenvalue weighted by Crippen LogP contribution is -2.46. The maximum Gasteiger partial charge on any atom is 0.311 e. The summed E-state index contributed by atoms with van der Waals surface area (Å²) in [7, 11) is 1.46. The van der Waals surface area contributed by atoms with Crippen molar-refractivity contribution in [1.82, 2.24) is 15.1 Å². The summed E-state index contributed by atoms with van der Waals surface area (Å²) in [5.41, 5.74) is -0.108. The topological polar surface area (TPSA) is 103 Å². The van der Waals surface area contributed by atoms with Gasteiger partial charge < -0.3 is 19.9 Å². The number of carboxylic acids is 1. The largest absolute Gasteiger partial charge is 0.493 e. The average Bonchev–Trinajstić information content (AvgIpc) is 3.12. The molecule has 3 rings (SSSR count). The summed E-state index contributed by atoms with van der Waals surface area (Å²) in [6.45, 7) is 0.758. The van der Waals surface area contributed by atoms with Crippen LogP contribution in [0.1, 0.15) is 23.3 Å². The van der Waals surface area contributed by atoms with Gasteiger partial charge in [0.25, 0.3) is 5.91 Å². The zero-order valence-electron chi connectivity index (χ0n) is 14.5. The summed E-state index contributed by atoms with van der Waals surface area (Å²) in [6, 6.07) is 9.33. The molecule has 1 saturated heterocycles. The second kappa shape index (κ2) is 7.57. The van der Waals surface area contributed by atoms with Gasteiger partial charge in [0, 0.05) is 19.8 Å². The quantitative estimate of drug-likeness (QED) is 0.810. The van der Waals surface area contributed by atoms with Gasteiger partial charge in [-0.3, -0.25) is 9.59 Å². The number of aromatic nitrogens is 2. The van der Waals surface area contributed by atoms with E-state index in [4.69, 9.17) is 9.47 Å². The van der Waals surface area contributed by atoms with E-state index in [0.29, 0.717) is 31.8 Å². The van der Waals surface area contributed by atoms with Crippen molar-refractivity contribution in [2.45, 2.75) is 12.8 Å².